The summed E-state index contributed by atoms with van der Waals surface area (Å²) < 4.78 is 0. The first-order valence-electron chi connectivity index (χ1n) is 9.22. The monoisotopic (exact) mass is 408 g/mol. The zero-order valence-electron chi connectivity index (χ0n) is 15.9. The number of carboxylic acids is 1. The predicted octanol–water partition coefficient (Wildman–Crippen LogP) is 5.84. The largest absolute Gasteiger partial charge is 0.478 e. The van der Waals surface area contributed by atoms with Gasteiger partial charge in [0, 0.05) is 16.4 Å². The molecule has 2 amide bonds. The smallest absolute Gasteiger partial charge is 0.335 e. The van der Waals surface area contributed by atoms with Crippen LogP contribution in [0.3, 0.4) is 0 Å². The third kappa shape index (κ3) is 5.15. The summed E-state index contributed by atoms with van der Waals surface area (Å²) >= 11 is 6.03. The molecule has 0 atom stereocenters. The van der Waals surface area contributed by atoms with Crippen LogP contribution in [0.4, 0.5) is 16.2 Å². The van der Waals surface area contributed by atoms with E-state index in [0.717, 1.165) is 23.2 Å². The number of anilines is 2. The summed E-state index contributed by atoms with van der Waals surface area (Å²) in [6, 6.07) is 20.9. The van der Waals surface area contributed by atoms with Crippen molar-refractivity contribution in [2.75, 3.05) is 10.2 Å². The zero-order chi connectivity index (χ0) is 20.8. The molecule has 29 heavy (non-hydrogen) atoms. The number of urea groups is 1. The molecule has 0 aromatic heterocycles. The van der Waals surface area contributed by atoms with Gasteiger partial charge in [-0.3, -0.25) is 4.90 Å². The Labute approximate surface area is 174 Å². The molecular weight excluding hydrogens is 388 g/mol. The van der Waals surface area contributed by atoms with Gasteiger partial charge in [0.15, 0.2) is 0 Å². The Morgan fingerprint density at radius 2 is 1.76 bits per heavy atom. The summed E-state index contributed by atoms with van der Waals surface area (Å²) in [7, 11) is 0. The maximum atomic E-state index is 13.2. The van der Waals surface area contributed by atoms with Gasteiger partial charge < -0.3 is 10.4 Å². The Bertz CT molecular complexity index is 1040. The van der Waals surface area contributed by atoms with Crippen LogP contribution in [-0.4, -0.2) is 17.1 Å². The molecule has 0 aliphatic heterocycles. The standard InChI is InChI=1S/C23H21ClN2O3/c1-2-17-8-3-4-12-21(17)26(15-16-7-5-9-18(13-16)22(27)28)23(29)25-20-11-6-10-19(24)14-20/h3-14H,2,15H2,1H3,(H,25,29)(H,27,28). The lowest BCUT2D eigenvalue weighted by Gasteiger charge is -2.26. The average Bonchev–Trinajstić information content (AvgIpc) is 2.72. The van der Waals surface area contributed by atoms with Crippen LogP contribution in [0.1, 0.15) is 28.4 Å². The van der Waals surface area contributed by atoms with Gasteiger partial charge in [0.25, 0.3) is 0 Å². The minimum absolute atomic E-state index is 0.182. The van der Waals surface area contributed by atoms with Gasteiger partial charge in [-0.1, -0.05) is 54.9 Å². The molecule has 0 fully saturated rings. The van der Waals surface area contributed by atoms with Gasteiger partial charge in [-0.2, -0.15) is 0 Å². The summed E-state index contributed by atoms with van der Waals surface area (Å²) in [5, 5.41) is 12.7. The van der Waals surface area contributed by atoms with E-state index in [1.54, 1.807) is 47.4 Å². The van der Waals surface area contributed by atoms with Gasteiger partial charge >= 0.3 is 12.0 Å². The molecule has 3 aromatic carbocycles. The van der Waals surface area contributed by atoms with Crippen molar-refractivity contribution >= 4 is 35.0 Å². The van der Waals surface area contributed by atoms with Gasteiger partial charge in [-0.05, 0) is 53.9 Å². The number of halogens is 1. The third-order valence-electron chi connectivity index (χ3n) is 4.50. The van der Waals surface area contributed by atoms with Crippen LogP contribution in [0.15, 0.2) is 72.8 Å². The molecule has 5 nitrogen and oxygen atoms in total. The number of amides is 2. The van der Waals surface area contributed by atoms with Crippen molar-refractivity contribution in [2.45, 2.75) is 19.9 Å². The molecule has 0 saturated carbocycles. The summed E-state index contributed by atoms with van der Waals surface area (Å²) in [6.07, 6.45) is 0.756. The highest BCUT2D eigenvalue weighted by atomic mass is 35.5. The fraction of sp³-hybridized carbons (Fsp3) is 0.130. The highest BCUT2D eigenvalue weighted by Crippen LogP contribution is 2.25. The van der Waals surface area contributed by atoms with E-state index < -0.39 is 5.97 Å². The Morgan fingerprint density at radius 1 is 1.00 bits per heavy atom. The zero-order valence-corrected chi connectivity index (χ0v) is 16.7. The fourth-order valence-electron chi connectivity index (χ4n) is 3.08. The SMILES string of the molecule is CCc1ccccc1N(Cc1cccc(C(=O)O)c1)C(=O)Nc1cccc(Cl)c1. The summed E-state index contributed by atoms with van der Waals surface area (Å²) in [5.41, 5.74) is 3.28. The van der Waals surface area contributed by atoms with Crippen LogP contribution in [-0.2, 0) is 13.0 Å². The predicted molar refractivity (Wildman–Crippen MR) is 116 cm³/mol. The van der Waals surface area contributed by atoms with Crippen molar-refractivity contribution in [1.82, 2.24) is 0 Å². The first kappa shape index (κ1) is 20.4. The number of aromatic carboxylic acids is 1. The van der Waals surface area contributed by atoms with E-state index >= 15 is 0 Å². The number of benzene rings is 3. The van der Waals surface area contributed by atoms with Gasteiger partial charge in [0.05, 0.1) is 12.1 Å². The number of hydrogen-bond donors (Lipinski definition) is 2. The highest BCUT2D eigenvalue weighted by Gasteiger charge is 2.19. The third-order valence-corrected chi connectivity index (χ3v) is 4.73. The molecule has 0 spiro atoms. The Balaban J connectivity index is 1.96. The Hall–Kier alpha value is -3.31. The first-order valence-corrected chi connectivity index (χ1v) is 9.60. The van der Waals surface area contributed by atoms with E-state index in [1.165, 1.54) is 6.07 Å². The lowest BCUT2D eigenvalue weighted by Crippen LogP contribution is -2.35. The molecule has 6 heteroatoms. The quantitative estimate of drug-likeness (QED) is 0.538. The van der Waals surface area contributed by atoms with E-state index in [4.69, 9.17) is 11.6 Å². The number of aryl methyl sites for hydroxylation is 1. The minimum atomic E-state index is -1.00. The van der Waals surface area contributed by atoms with Crippen LogP contribution >= 0.6 is 11.6 Å². The average molecular weight is 409 g/mol. The normalized spacial score (nSPS) is 10.4. The maximum absolute atomic E-state index is 13.2. The van der Waals surface area contributed by atoms with Crippen molar-refractivity contribution in [2.24, 2.45) is 0 Å². The number of carboxylic acid groups (broad SMARTS) is 1. The topological polar surface area (TPSA) is 69.6 Å². The second-order valence-corrected chi connectivity index (χ2v) is 6.95. The molecule has 0 aliphatic carbocycles. The van der Waals surface area contributed by atoms with Crippen LogP contribution in [0.25, 0.3) is 0 Å². The summed E-state index contributed by atoms with van der Waals surface area (Å²) in [6.45, 7) is 2.25. The number of carbonyl (C=O) groups excluding carboxylic acids is 1. The molecule has 3 aromatic rings. The van der Waals surface area contributed by atoms with Crippen molar-refractivity contribution in [3.8, 4) is 0 Å². The summed E-state index contributed by atoms with van der Waals surface area (Å²) in [5.74, 6) is -1.00. The van der Waals surface area contributed by atoms with Crippen molar-refractivity contribution in [3.05, 3.63) is 94.5 Å². The minimum Gasteiger partial charge on any atom is -0.478 e. The van der Waals surface area contributed by atoms with Crippen LogP contribution in [0.2, 0.25) is 5.02 Å². The molecule has 0 aliphatic rings. The molecule has 148 valence electrons. The van der Waals surface area contributed by atoms with Crippen LogP contribution < -0.4 is 10.2 Å². The maximum Gasteiger partial charge on any atom is 0.335 e. The molecule has 0 radical (unpaired) electrons. The van der Waals surface area contributed by atoms with Crippen LogP contribution in [0.5, 0.6) is 0 Å². The Morgan fingerprint density at radius 3 is 2.48 bits per heavy atom. The molecule has 2 N–H and O–H groups in total. The molecule has 0 bridgehead atoms. The van der Waals surface area contributed by atoms with E-state index in [0.29, 0.717) is 10.7 Å². The summed E-state index contributed by atoms with van der Waals surface area (Å²) in [4.78, 5) is 26.1. The van der Waals surface area contributed by atoms with E-state index in [1.807, 2.05) is 31.2 Å². The first-order chi connectivity index (χ1) is 14.0. The van der Waals surface area contributed by atoms with E-state index in [9.17, 15) is 14.7 Å². The number of nitrogens with one attached hydrogen (secondary N) is 1. The van der Waals surface area contributed by atoms with Gasteiger partial charge in [-0.15, -0.1) is 0 Å². The second-order valence-electron chi connectivity index (χ2n) is 6.51. The molecular formula is C23H21ClN2O3. The second kappa shape index (κ2) is 9.26. The van der Waals surface area contributed by atoms with Crippen LogP contribution in [0, 0.1) is 0 Å². The molecule has 3 rings (SSSR count). The van der Waals surface area contributed by atoms with Crippen molar-refractivity contribution in [1.29, 1.82) is 0 Å². The number of para-hydroxylation sites is 1. The number of rotatable bonds is 6. The van der Waals surface area contributed by atoms with Gasteiger partial charge in [0.2, 0.25) is 0 Å². The van der Waals surface area contributed by atoms with Gasteiger partial charge in [-0.25, -0.2) is 9.59 Å². The molecule has 0 saturated heterocycles. The molecule has 0 heterocycles. The van der Waals surface area contributed by atoms with E-state index in [2.05, 4.69) is 5.32 Å². The number of carbonyl (C=O) groups is 2. The number of nitrogens with zero attached hydrogens (tertiary/aromatic N) is 1. The highest BCUT2D eigenvalue weighted by molar-refractivity contribution is 6.30. The lowest BCUT2D eigenvalue weighted by atomic mass is 10.1. The fourth-order valence-corrected chi connectivity index (χ4v) is 3.27. The van der Waals surface area contributed by atoms with Gasteiger partial charge in [0.1, 0.15) is 0 Å². The van der Waals surface area contributed by atoms with Crippen molar-refractivity contribution < 1.29 is 14.7 Å². The Kier molecular flexibility index (Phi) is 6.52. The lowest BCUT2D eigenvalue weighted by molar-refractivity contribution is 0.0696. The van der Waals surface area contributed by atoms with E-state index in [-0.39, 0.29) is 18.1 Å². The number of hydrogen-bond acceptors (Lipinski definition) is 2. The van der Waals surface area contributed by atoms with Crippen molar-refractivity contribution in [3.63, 3.8) is 0 Å². The molecule has 0 unspecified atom stereocenters.